The third kappa shape index (κ3) is 3.24. The standard InChI is InChI=1S/C22H27N5O3/c1-12-6-7-14(8-12)24-22(30)18-10-13-9-17(13)27(18)19(28)11-26-16-5-3-2-4-15(16)20(25-26)21(23)29/h2-5,12-14,17-18H,6-11H2,1H3,(H2,23,29)(H,24,30)/t12-,13+,14+,17+,18-/m0/s1. The van der Waals surface area contributed by atoms with Crippen molar-refractivity contribution in [3.8, 4) is 0 Å². The van der Waals surface area contributed by atoms with Gasteiger partial charge in [-0.25, -0.2) is 0 Å². The molecule has 0 bridgehead atoms. The van der Waals surface area contributed by atoms with Crippen molar-refractivity contribution in [3.05, 3.63) is 30.0 Å². The van der Waals surface area contributed by atoms with E-state index in [1.807, 2.05) is 18.2 Å². The highest BCUT2D eigenvalue weighted by atomic mass is 16.2. The first-order chi connectivity index (χ1) is 14.4. The summed E-state index contributed by atoms with van der Waals surface area (Å²) in [6.07, 6.45) is 4.85. The zero-order valence-corrected chi connectivity index (χ0v) is 17.1. The maximum atomic E-state index is 13.2. The summed E-state index contributed by atoms with van der Waals surface area (Å²) < 4.78 is 1.53. The number of rotatable bonds is 5. The second-order valence-electron chi connectivity index (χ2n) is 9.13. The van der Waals surface area contributed by atoms with E-state index in [-0.39, 0.29) is 36.1 Å². The van der Waals surface area contributed by atoms with Crippen LogP contribution in [0.3, 0.4) is 0 Å². The van der Waals surface area contributed by atoms with E-state index in [1.165, 1.54) is 4.68 Å². The minimum Gasteiger partial charge on any atom is -0.364 e. The van der Waals surface area contributed by atoms with Gasteiger partial charge in [0.25, 0.3) is 5.91 Å². The van der Waals surface area contributed by atoms with Crippen LogP contribution < -0.4 is 11.1 Å². The molecule has 1 aromatic carbocycles. The Labute approximate surface area is 174 Å². The average molecular weight is 409 g/mol. The molecule has 3 fully saturated rings. The Kier molecular flexibility index (Phi) is 4.52. The zero-order chi connectivity index (χ0) is 21.0. The van der Waals surface area contributed by atoms with Crippen LogP contribution in [0.1, 0.15) is 49.5 Å². The molecule has 0 unspecified atom stereocenters. The number of fused-ring (bicyclic) bond motifs is 2. The molecule has 8 nitrogen and oxygen atoms in total. The van der Waals surface area contributed by atoms with Crippen LogP contribution in [0.5, 0.6) is 0 Å². The van der Waals surface area contributed by atoms with E-state index < -0.39 is 11.9 Å². The van der Waals surface area contributed by atoms with Crippen molar-refractivity contribution < 1.29 is 14.4 Å². The Balaban J connectivity index is 1.35. The first-order valence-electron chi connectivity index (χ1n) is 10.8. The van der Waals surface area contributed by atoms with Crippen LogP contribution in [0, 0.1) is 11.8 Å². The van der Waals surface area contributed by atoms with Gasteiger partial charge in [0, 0.05) is 17.5 Å². The topological polar surface area (TPSA) is 110 Å². The van der Waals surface area contributed by atoms with Crippen molar-refractivity contribution in [2.75, 3.05) is 0 Å². The molecule has 2 aromatic rings. The van der Waals surface area contributed by atoms with Crippen molar-refractivity contribution in [1.29, 1.82) is 0 Å². The van der Waals surface area contributed by atoms with E-state index in [0.717, 1.165) is 32.1 Å². The van der Waals surface area contributed by atoms with Crippen LogP contribution in [0.15, 0.2) is 24.3 Å². The molecule has 1 aliphatic heterocycles. The minimum absolute atomic E-state index is 0.0126. The summed E-state index contributed by atoms with van der Waals surface area (Å²) >= 11 is 0. The molecule has 2 saturated carbocycles. The number of hydrogen-bond donors (Lipinski definition) is 2. The van der Waals surface area contributed by atoms with Crippen LogP contribution in [-0.4, -0.2) is 50.5 Å². The number of hydrogen-bond acceptors (Lipinski definition) is 4. The van der Waals surface area contributed by atoms with Gasteiger partial charge < -0.3 is 16.0 Å². The summed E-state index contributed by atoms with van der Waals surface area (Å²) in [7, 11) is 0. The molecule has 2 aliphatic carbocycles. The third-order valence-corrected chi connectivity index (χ3v) is 6.91. The lowest BCUT2D eigenvalue weighted by molar-refractivity contribution is -0.140. The fourth-order valence-electron chi connectivity index (χ4n) is 5.32. The molecule has 3 aliphatic rings. The number of piperidine rings is 1. The van der Waals surface area contributed by atoms with Gasteiger partial charge in [-0.15, -0.1) is 0 Å². The molecule has 30 heavy (non-hydrogen) atoms. The van der Waals surface area contributed by atoms with Crippen molar-refractivity contribution in [2.45, 2.75) is 63.7 Å². The molecule has 3 amide bonds. The molecule has 158 valence electrons. The van der Waals surface area contributed by atoms with E-state index >= 15 is 0 Å². The van der Waals surface area contributed by atoms with Gasteiger partial charge in [-0.1, -0.05) is 25.1 Å². The lowest BCUT2D eigenvalue weighted by Gasteiger charge is -2.28. The molecule has 5 atom stereocenters. The number of para-hydroxylation sites is 1. The number of benzene rings is 1. The molecule has 3 N–H and O–H groups in total. The quantitative estimate of drug-likeness (QED) is 0.778. The van der Waals surface area contributed by atoms with Gasteiger partial charge >= 0.3 is 0 Å². The van der Waals surface area contributed by atoms with Crippen molar-refractivity contribution in [2.24, 2.45) is 17.6 Å². The number of nitrogens with one attached hydrogen (secondary N) is 1. The number of amides is 3. The predicted molar refractivity (Wildman–Crippen MR) is 110 cm³/mol. The maximum Gasteiger partial charge on any atom is 0.269 e. The fraction of sp³-hybridized carbons (Fsp3) is 0.545. The molecule has 1 aromatic heterocycles. The summed E-state index contributed by atoms with van der Waals surface area (Å²) in [5, 5.41) is 8.10. The van der Waals surface area contributed by atoms with Crippen LogP contribution in [0.2, 0.25) is 0 Å². The summed E-state index contributed by atoms with van der Waals surface area (Å²) in [6.45, 7) is 2.20. The van der Waals surface area contributed by atoms with Gasteiger partial charge in [0.15, 0.2) is 5.69 Å². The van der Waals surface area contributed by atoms with Crippen LogP contribution >= 0.6 is 0 Å². The van der Waals surface area contributed by atoms with Crippen LogP contribution in [0.25, 0.3) is 10.9 Å². The average Bonchev–Trinajstić information content (AvgIpc) is 3.03. The second-order valence-corrected chi connectivity index (χ2v) is 9.13. The molecule has 1 saturated heterocycles. The third-order valence-electron chi connectivity index (χ3n) is 6.91. The van der Waals surface area contributed by atoms with Gasteiger partial charge in [-0.2, -0.15) is 5.10 Å². The zero-order valence-electron chi connectivity index (χ0n) is 17.1. The van der Waals surface area contributed by atoms with E-state index in [4.69, 9.17) is 5.73 Å². The molecule has 0 radical (unpaired) electrons. The van der Waals surface area contributed by atoms with Crippen LogP contribution in [0.4, 0.5) is 0 Å². The van der Waals surface area contributed by atoms with E-state index in [9.17, 15) is 14.4 Å². The number of carbonyl (C=O) groups excluding carboxylic acids is 3. The van der Waals surface area contributed by atoms with Gasteiger partial charge in [-0.3, -0.25) is 19.1 Å². The predicted octanol–water partition coefficient (Wildman–Crippen LogP) is 1.43. The maximum absolute atomic E-state index is 13.2. The van der Waals surface area contributed by atoms with Gasteiger partial charge in [0.1, 0.15) is 12.6 Å². The smallest absolute Gasteiger partial charge is 0.269 e. The summed E-state index contributed by atoms with van der Waals surface area (Å²) in [6, 6.07) is 7.19. The van der Waals surface area contributed by atoms with E-state index in [1.54, 1.807) is 11.0 Å². The Morgan fingerprint density at radius 2 is 1.97 bits per heavy atom. The molecular weight excluding hydrogens is 382 g/mol. The van der Waals surface area contributed by atoms with Crippen molar-refractivity contribution >= 4 is 28.6 Å². The first-order valence-corrected chi connectivity index (χ1v) is 10.8. The van der Waals surface area contributed by atoms with Crippen molar-refractivity contribution in [3.63, 3.8) is 0 Å². The summed E-state index contributed by atoms with van der Waals surface area (Å²) in [4.78, 5) is 39.7. The number of carbonyl (C=O) groups is 3. The number of primary amides is 1. The number of aromatic nitrogens is 2. The monoisotopic (exact) mass is 409 g/mol. The Morgan fingerprint density at radius 1 is 1.17 bits per heavy atom. The highest BCUT2D eigenvalue weighted by molar-refractivity contribution is 6.04. The van der Waals surface area contributed by atoms with Gasteiger partial charge in [0.05, 0.1) is 5.52 Å². The largest absolute Gasteiger partial charge is 0.364 e. The highest BCUT2D eigenvalue weighted by Crippen LogP contribution is 2.48. The molecule has 0 spiro atoms. The van der Waals surface area contributed by atoms with Crippen LogP contribution in [-0.2, 0) is 16.1 Å². The fourth-order valence-corrected chi connectivity index (χ4v) is 5.32. The van der Waals surface area contributed by atoms with Crippen molar-refractivity contribution in [1.82, 2.24) is 20.0 Å². The molecular formula is C22H27N5O3. The first kappa shape index (κ1) is 19.1. The normalized spacial score (nSPS) is 29.8. The SMILES string of the molecule is C[C@H]1CC[C@@H](NC(=O)[C@@H]2C[C@H]3C[C@H]3N2C(=O)Cn2nc(C(N)=O)c3ccccc32)C1. The van der Waals surface area contributed by atoms with E-state index in [0.29, 0.717) is 22.7 Å². The minimum atomic E-state index is -0.621. The van der Waals surface area contributed by atoms with E-state index in [2.05, 4.69) is 17.3 Å². The van der Waals surface area contributed by atoms with Gasteiger partial charge in [0.2, 0.25) is 11.8 Å². The number of nitrogens with zero attached hydrogens (tertiary/aromatic N) is 3. The molecule has 2 heterocycles. The second kappa shape index (κ2) is 7.11. The number of nitrogens with two attached hydrogens (primary N) is 1. The Morgan fingerprint density at radius 3 is 2.70 bits per heavy atom. The lowest BCUT2D eigenvalue weighted by Crippen LogP contribution is -2.50. The summed E-state index contributed by atoms with van der Waals surface area (Å²) in [5.41, 5.74) is 6.31. The van der Waals surface area contributed by atoms with Gasteiger partial charge in [-0.05, 0) is 50.0 Å². The summed E-state index contributed by atoms with van der Waals surface area (Å²) in [5.74, 6) is 0.270. The Bertz CT molecular complexity index is 1030. The lowest BCUT2D eigenvalue weighted by atomic mass is 10.1. The molecule has 8 heteroatoms. The number of likely N-dealkylation sites (tertiary alicyclic amines) is 1. The molecule has 5 rings (SSSR count). The Hall–Kier alpha value is -2.90. The highest BCUT2D eigenvalue weighted by Gasteiger charge is 2.56.